The van der Waals surface area contributed by atoms with Gasteiger partial charge in [0.15, 0.2) is 0 Å². The number of rotatable bonds is 6. The summed E-state index contributed by atoms with van der Waals surface area (Å²) in [6, 6.07) is 4.04. The molecule has 3 N–H and O–H groups in total. The van der Waals surface area contributed by atoms with Crippen molar-refractivity contribution in [3.8, 4) is 0 Å². The van der Waals surface area contributed by atoms with Crippen LogP contribution in [-0.2, 0) is 11.3 Å². The van der Waals surface area contributed by atoms with Crippen molar-refractivity contribution < 1.29 is 14.0 Å². The Kier molecular flexibility index (Phi) is 5.44. The predicted molar refractivity (Wildman–Crippen MR) is 69.9 cm³/mol. The Morgan fingerprint density at radius 2 is 2.11 bits per heavy atom. The van der Waals surface area contributed by atoms with E-state index in [2.05, 4.69) is 5.32 Å². The summed E-state index contributed by atoms with van der Waals surface area (Å²) in [6.45, 7) is 2.86. The minimum absolute atomic E-state index is 0.0586. The monoisotopic (exact) mass is 267 g/mol. The minimum Gasteiger partial charge on any atom is -0.366 e. The molecule has 1 rings (SSSR count). The number of nitrogens with two attached hydrogens (primary N) is 1. The van der Waals surface area contributed by atoms with Gasteiger partial charge in [0.2, 0.25) is 11.8 Å². The molecule has 19 heavy (non-hydrogen) atoms. The van der Waals surface area contributed by atoms with Crippen LogP contribution in [0.2, 0.25) is 0 Å². The second kappa shape index (κ2) is 6.84. The van der Waals surface area contributed by atoms with Gasteiger partial charge in [-0.15, -0.1) is 0 Å². The van der Waals surface area contributed by atoms with Gasteiger partial charge in [-0.2, -0.15) is 0 Å². The number of amides is 2. The molecule has 0 bridgehead atoms. The van der Waals surface area contributed by atoms with Crippen molar-refractivity contribution in [1.82, 2.24) is 10.2 Å². The fourth-order valence-corrected chi connectivity index (χ4v) is 1.46. The van der Waals surface area contributed by atoms with Gasteiger partial charge in [0.1, 0.15) is 5.82 Å². The van der Waals surface area contributed by atoms with Gasteiger partial charge in [0.05, 0.1) is 6.54 Å². The highest BCUT2D eigenvalue weighted by Gasteiger charge is 2.09. The molecule has 1 aromatic rings. The van der Waals surface area contributed by atoms with Crippen molar-refractivity contribution in [2.45, 2.75) is 13.5 Å². The predicted octanol–water partition coefficient (Wildman–Crippen LogP) is 0.492. The second-order valence-electron chi connectivity index (χ2n) is 4.18. The molecule has 0 fully saturated rings. The van der Waals surface area contributed by atoms with Crippen LogP contribution in [0.5, 0.6) is 0 Å². The maximum Gasteiger partial charge on any atom is 0.248 e. The average molecular weight is 267 g/mol. The standard InChI is InChI=1S/C13H18FN3O2/c1-3-17(2)12(18)8-16-7-10-5-4-9(13(15)19)6-11(10)14/h4-6,16H,3,7-8H2,1-2H3,(H2,15,19). The molecule has 0 aliphatic rings. The fourth-order valence-electron chi connectivity index (χ4n) is 1.46. The summed E-state index contributed by atoms with van der Waals surface area (Å²) in [4.78, 5) is 23.9. The summed E-state index contributed by atoms with van der Waals surface area (Å²) in [6.07, 6.45) is 0. The summed E-state index contributed by atoms with van der Waals surface area (Å²) >= 11 is 0. The van der Waals surface area contributed by atoms with E-state index in [0.29, 0.717) is 12.1 Å². The van der Waals surface area contributed by atoms with Gasteiger partial charge < -0.3 is 16.0 Å². The Morgan fingerprint density at radius 3 is 2.63 bits per heavy atom. The quantitative estimate of drug-likeness (QED) is 0.787. The lowest BCUT2D eigenvalue weighted by Crippen LogP contribution is -2.35. The van der Waals surface area contributed by atoms with Crippen LogP contribution in [0.15, 0.2) is 18.2 Å². The molecule has 5 nitrogen and oxygen atoms in total. The first kappa shape index (κ1) is 15.1. The van der Waals surface area contributed by atoms with E-state index in [0.717, 1.165) is 6.07 Å². The van der Waals surface area contributed by atoms with Gasteiger partial charge in [-0.3, -0.25) is 9.59 Å². The van der Waals surface area contributed by atoms with Crippen LogP contribution >= 0.6 is 0 Å². The highest BCUT2D eigenvalue weighted by atomic mass is 19.1. The Bertz CT molecular complexity index is 477. The van der Waals surface area contributed by atoms with Crippen molar-refractivity contribution in [2.75, 3.05) is 20.1 Å². The van der Waals surface area contributed by atoms with Crippen LogP contribution in [0, 0.1) is 5.82 Å². The van der Waals surface area contributed by atoms with Gasteiger partial charge in [0, 0.05) is 31.3 Å². The molecular weight excluding hydrogens is 249 g/mol. The zero-order chi connectivity index (χ0) is 14.4. The van der Waals surface area contributed by atoms with E-state index in [1.54, 1.807) is 11.9 Å². The normalized spacial score (nSPS) is 10.3. The second-order valence-corrected chi connectivity index (χ2v) is 4.18. The number of carbonyl (C=O) groups excluding carboxylic acids is 2. The van der Waals surface area contributed by atoms with Gasteiger partial charge in [0.25, 0.3) is 0 Å². The van der Waals surface area contributed by atoms with Crippen molar-refractivity contribution >= 4 is 11.8 Å². The van der Waals surface area contributed by atoms with Crippen LogP contribution in [0.4, 0.5) is 4.39 Å². The van der Waals surface area contributed by atoms with Gasteiger partial charge in [-0.1, -0.05) is 6.07 Å². The summed E-state index contributed by atoms with van der Waals surface area (Å²) in [7, 11) is 1.70. The average Bonchev–Trinajstić information content (AvgIpc) is 2.39. The molecule has 0 heterocycles. The third-order valence-corrected chi connectivity index (χ3v) is 2.83. The number of carbonyl (C=O) groups is 2. The number of benzene rings is 1. The first-order valence-corrected chi connectivity index (χ1v) is 5.98. The number of hydrogen-bond donors (Lipinski definition) is 2. The van der Waals surface area contributed by atoms with Gasteiger partial charge in [-0.25, -0.2) is 4.39 Å². The lowest BCUT2D eigenvalue weighted by molar-refractivity contribution is -0.128. The molecule has 0 aliphatic heterocycles. The molecular formula is C13H18FN3O2. The maximum absolute atomic E-state index is 13.6. The Hall–Kier alpha value is -1.95. The Morgan fingerprint density at radius 1 is 1.42 bits per heavy atom. The lowest BCUT2D eigenvalue weighted by atomic mass is 10.1. The first-order valence-electron chi connectivity index (χ1n) is 5.98. The third-order valence-electron chi connectivity index (χ3n) is 2.83. The van der Waals surface area contributed by atoms with Crippen molar-refractivity contribution in [3.05, 3.63) is 35.1 Å². The zero-order valence-electron chi connectivity index (χ0n) is 11.1. The van der Waals surface area contributed by atoms with Crippen LogP contribution in [0.25, 0.3) is 0 Å². The molecule has 0 saturated heterocycles. The van der Waals surface area contributed by atoms with E-state index in [4.69, 9.17) is 5.73 Å². The molecule has 6 heteroatoms. The van der Waals surface area contributed by atoms with Crippen LogP contribution in [0.1, 0.15) is 22.8 Å². The zero-order valence-corrected chi connectivity index (χ0v) is 11.1. The topological polar surface area (TPSA) is 75.4 Å². The third kappa shape index (κ3) is 4.33. The van der Waals surface area contributed by atoms with Crippen LogP contribution in [-0.4, -0.2) is 36.9 Å². The molecule has 0 aliphatic carbocycles. The Labute approximate surface area is 111 Å². The number of hydrogen-bond acceptors (Lipinski definition) is 3. The minimum atomic E-state index is -0.668. The van der Waals surface area contributed by atoms with Crippen LogP contribution < -0.4 is 11.1 Å². The van der Waals surface area contributed by atoms with Gasteiger partial charge >= 0.3 is 0 Å². The highest BCUT2D eigenvalue weighted by Crippen LogP contribution is 2.09. The molecule has 0 radical (unpaired) electrons. The highest BCUT2D eigenvalue weighted by molar-refractivity contribution is 5.92. The van der Waals surface area contributed by atoms with E-state index < -0.39 is 11.7 Å². The van der Waals surface area contributed by atoms with E-state index in [9.17, 15) is 14.0 Å². The summed E-state index contributed by atoms with van der Waals surface area (Å²) in [5, 5.41) is 2.86. The number of primary amides is 1. The number of likely N-dealkylation sites (N-methyl/N-ethyl adjacent to an activating group) is 1. The largest absolute Gasteiger partial charge is 0.366 e. The van der Waals surface area contributed by atoms with E-state index >= 15 is 0 Å². The van der Waals surface area contributed by atoms with Crippen molar-refractivity contribution in [2.24, 2.45) is 5.73 Å². The molecule has 0 unspecified atom stereocenters. The molecule has 0 spiro atoms. The maximum atomic E-state index is 13.6. The Balaban J connectivity index is 2.55. The molecule has 0 saturated carbocycles. The fraction of sp³-hybridized carbons (Fsp3) is 0.385. The van der Waals surface area contributed by atoms with E-state index in [1.165, 1.54) is 12.1 Å². The summed E-state index contributed by atoms with van der Waals surface area (Å²) < 4.78 is 13.6. The van der Waals surface area contributed by atoms with Gasteiger partial charge in [-0.05, 0) is 19.1 Å². The van der Waals surface area contributed by atoms with Crippen molar-refractivity contribution in [3.63, 3.8) is 0 Å². The summed E-state index contributed by atoms with van der Waals surface area (Å²) in [5.41, 5.74) is 5.56. The lowest BCUT2D eigenvalue weighted by Gasteiger charge is -2.14. The molecule has 0 atom stereocenters. The number of nitrogens with one attached hydrogen (secondary N) is 1. The SMILES string of the molecule is CCN(C)C(=O)CNCc1ccc(C(N)=O)cc1F. The van der Waals surface area contributed by atoms with E-state index in [-0.39, 0.29) is 24.6 Å². The van der Waals surface area contributed by atoms with E-state index in [1.807, 2.05) is 6.92 Å². The number of halogens is 1. The molecule has 1 aromatic carbocycles. The molecule has 2 amide bonds. The smallest absolute Gasteiger partial charge is 0.248 e. The first-order chi connectivity index (χ1) is 8.95. The van der Waals surface area contributed by atoms with Crippen molar-refractivity contribution in [1.29, 1.82) is 0 Å². The molecule has 0 aromatic heterocycles. The number of nitrogens with zero attached hydrogens (tertiary/aromatic N) is 1. The summed E-state index contributed by atoms with van der Waals surface area (Å²) in [5.74, 6) is -1.24. The molecule has 104 valence electrons. The van der Waals surface area contributed by atoms with Crippen LogP contribution in [0.3, 0.4) is 0 Å².